The minimum absolute atomic E-state index is 0.0725. The molecule has 7 rings (SSSR count). The van der Waals surface area contributed by atoms with E-state index >= 15 is 0 Å². The first-order valence-electron chi connectivity index (χ1n) is 13.3. The first kappa shape index (κ1) is 22.4. The predicted molar refractivity (Wildman–Crippen MR) is 120 cm³/mol. The van der Waals surface area contributed by atoms with E-state index in [1.807, 2.05) is 9.80 Å². The van der Waals surface area contributed by atoms with Crippen molar-refractivity contribution >= 4 is 6.03 Å². The highest BCUT2D eigenvalue weighted by Gasteiger charge is 2.63. The number of nitrogens with zero attached hydrogens (tertiary/aromatic N) is 4. The average Bonchev–Trinajstić information content (AvgIpc) is 3.67. The van der Waals surface area contributed by atoms with E-state index in [1.54, 1.807) is 0 Å². The van der Waals surface area contributed by atoms with Crippen LogP contribution in [0.15, 0.2) is 0 Å². The number of rotatable bonds is 5. The third kappa shape index (κ3) is 3.76. The summed E-state index contributed by atoms with van der Waals surface area (Å²) in [4.78, 5) is 20.3. The van der Waals surface area contributed by atoms with E-state index in [-0.39, 0.29) is 42.4 Å². The summed E-state index contributed by atoms with van der Waals surface area (Å²) in [5.74, 6) is 3.11. The number of nitrogens with one attached hydrogen (secondary N) is 1. The van der Waals surface area contributed by atoms with E-state index in [1.165, 1.54) is 12.8 Å². The van der Waals surface area contributed by atoms with E-state index in [0.717, 1.165) is 76.4 Å². The molecule has 0 aromatic carbocycles. The van der Waals surface area contributed by atoms with Crippen molar-refractivity contribution < 1.29 is 22.7 Å². The number of H-pyrrole nitrogens is 1. The van der Waals surface area contributed by atoms with Crippen LogP contribution in [0.2, 0.25) is 0 Å². The highest BCUT2D eigenvalue weighted by molar-refractivity contribution is 5.76. The molecule has 3 heterocycles. The number of likely N-dealkylation sites (tertiary alicyclic amines) is 2. The second kappa shape index (κ2) is 7.35. The van der Waals surface area contributed by atoms with Gasteiger partial charge in [-0.15, -0.1) is 10.2 Å². The number of hydrogen-bond acceptors (Lipinski definition) is 4. The van der Waals surface area contributed by atoms with Gasteiger partial charge in [0, 0.05) is 48.8 Å². The number of urea groups is 1. The molecule has 2 amide bonds. The van der Waals surface area contributed by atoms with Crippen molar-refractivity contribution in [2.24, 2.45) is 16.2 Å². The van der Waals surface area contributed by atoms with Crippen LogP contribution in [0.25, 0.3) is 0 Å². The summed E-state index contributed by atoms with van der Waals surface area (Å²) in [5, 5.41) is 8.67. The Bertz CT molecular complexity index is 987. The number of carbonyl (C=O) groups is 1. The van der Waals surface area contributed by atoms with Crippen LogP contribution in [0, 0.1) is 16.2 Å². The van der Waals surface area contributed by atoms with Gasteiger partial charge in [-0.2, -0.15) is 13.2 Å². The molecular formula is C25H34F3N5O2. The van der Waals surface area contributed by atoms with Crippen molar-refractivity contribution in [3.05, 3.63) is 11.6 Å². The molecular weight excluding hydrogens is 459 g/mol. The zero-order valence-corrected chi connectivity index (χ0v) is 20.1. The lowest BCUT2D eigenvalue weighted by atomic mass is 9.57. The topological polar surface area (TPSA) is 74.3 Å². The number of aromatic amines is 1. The molecule has 0 unspecified atom stereocenters. The van der Waals surface area contributed by atoms with Gasteiger partial charge in [-0.1, -0.05) is 0 Å². The standard InChI is InChI=1S/C25H34F3N5O2/c26-25(27,28)24(7-8-24)15-35-18-3-5-22(6-4-18)11-32(12-22)21(34)33-13-23(14-33)9-17(10-23)20-29-19(30-31-20)16-1-2-16/h16-18H,1-15H2,(H,29,30,31). The van der Waals surface area contributed by atoms with E-state index in [0.29, 0.717) is 11.8 Å². The van der Waals surface area contributed by atoms with Crippen LogP contribution in [0.3, 0.4) is 0 Å². The number of aromatic nitrogens is 3. The lowest BCUT2D eigenvalue weighted by Gasteiger charge is -2.61. The molecule has 2 spiro atoms. The quantitative estimate of drug-likeness (QED) is 0.652. The summed E-state index contributed by atoms with van der Waals surface area (Å²) in [6.45, 7) is 3.05. The van der Waals surface area contributed by atoms with Gasteiger partial charge in [-0.05, 0) is 64.2 Å². The fourth-order valence-corrected chi connectivity index (χ4v) is 7.07. The molecule has 6 fully saturated rings. The molecule has 35 heavy (non-hydrogen) atoms. The molecule has 0 bridgehead atoms. The molecule has 4 aliphatic carbocycles. The van der Waals surface area contributed by atoms with Crippen molar-refractivity contribution in [2.45, 2.75) is 88.3 Å². The van der Waals surface area contributed by atoms with Gasteiger partial charge in [-0.25, -0.2) is 4.79 Å². The molecule has 1 aromatic rings. The van der Waals surface area contributed by atoms with Gasteiger partial charge < -0.3 is 19.5 Å². The zero-order valence-electron chi connectivity index (χ0n) is 20.1. The molecule has 2 saturated heterocycles. The zero-order chi connectivity index (χ0) is 24.1. The molecule has 6 aliphatic rings. The number of halogens is 3. The summed E-state index contributed by atoms with van der Waals surface area (Å²) in [7, 11) is 0. The second-order valence-corrected chi connectivity index (χ2v) is 12.8. The highest BCUT2D eigenvalue weighted by atomic mass is 19.4. The Kier molecular flexibility index (Phi) is 4.70. The Morgan fingerprint density at radius 3 is 2.00 bits per heavy atom. The Morgan fingerprint density at radius 1 is 0.886 bits per heavy atom. The van der Waals surface area contributed by atoms with E-state index in [9.17, 15) is 18.0 Å². The molecule has 192 valence electrons. The third-order valence-electron chi connectivity index (χ3n) is 9.92. The van der Waals surface area contributed by atoms with Crippen LogP contribution in [0.1, 0.15) is 87.7 Å². The molecule has 7 nitrogen and oxygen atoms in total. The summed E-state index contributed by atoms with van der Waals surface area (Å²) >= 11 is 0. The van der Waals surface area contributed by atoms with Gasteiger partial charge in [0.15, 0.2) is 0 Å². The number of alkyl halides is 3. The van der Waals surface area contributed by atoms with E-state index in [4.69, 9.17) is 4.74 Å². The monoisotopic (exact) mass is 493 g/mol. The van der Waals surface area contributed by atoms with Crippen LogP contribution in [-0.2, 0) is 4.74 Å². The second-order valence-electron chi connectivity index (χ2n) is 12.8. The predicted octanol–water partition coefficient (Wildman–Crippen LogP) is 4.59. The first-order chi connectivity index (χ1) is 16.7. The minimum atomic E-state index is -4.15. The highest BCUT2D eigenvalue weighted by Crippen LogP contribution is 2.58. The van der Waals surface area contributed by atoms with Crippen LogP contribution in [-0.4, -0.2) is 76.1 Å². The normalized spacial score (nSPS) is 29.1. The fourth-order valence-electron chi connectivity index (χ4n) is 7.07. The van der Waals surface area contributed by atoms with Crippen LogP contribution < -0.4 is 0 Å². The maximum absolute atomic E-state index is 13.1. The summed E-state index contributed by atoms with van der Waals surface area (Å²) in [5.41, 5.74) is -1.17. The van der Waals surface area contributed by atoms with Gasteiger partial charge >= 0.3 is 12.2 Å². The van der Waals surface area contributed by atoms with Crippen LogP contribution in [0.4, 0.5) is 18.0 Å². The molecule has 4 saturated carbocycles. The van der Waals surface area contributed by atoms with Crippen molar-refractivity contribution in [3.63, 3.8) is 0 Å². The van der Waals surface area contributed by atoms with Crippen LogP contribution in [0.5, 0.6) is 0 Å². The number of ether oxygens (including phenoxy) is 1. The summed E-state index contributed by atoms with van der Waals surface area (Å²) in [6, 6.07) is 0.152. The SMILES string of the molecule is O=C(N1CC2(CCC(OCC3(C(F)(F)F)CC3)CC2)C1)N1CC2(CC(c3nnc(C4CC4)[nH]3)C2)C1. The van der Waals surface area contributed by atoms with Crippen molar-refractivity contribution in [1.29, 1.82) is 0 Å². The Hall–Kier alpha value is -1.84. The van der Waals surface area contributed by atoms with Gasteiger partial charge in [0.2, 0.25) is 0 Å². The largest absolute Gasteiger partial charge is 0.396 e. The Labute approximate surface area is 203 Å². The Balaban J connectivity index is 0.829. The van der Waals surface area contributed by atoms with Crippen molar-refractivity contribution in [2.75, 3.05) is 32.8 Å². The molecule has 0 radical (unpaired) electrons. The summed E-state index contributed by atoms with van der Waals surface area (Å²) in [6.07, 6.45) is 4.24. The molecule has 2 aliphatic heterocycles. The lowest BCUT2D eigenvalue weighted by Crippen LogP contribution is -2.69. The van der Waals surface area contributed by atoms with Crippen molar-refractivity contribution in [1.82, 2.24) is 25.0 Å². The van der Waals surface area contributed by atoms with Crippen molar-refractivity contribution in [3.8, 4) is 0 Å². The van der Waals surface area contributed by atoms with Gasteiger partial charge in [0.25, 0.3) is 0 Å². The molecule has 0 atom stereocenters. The Morgan fingerprint density at radius 2 is 1.46 bits per heavy atom. The molecule has 1 aromatic heterocycles. The van der Waals surface area contributed by atoms with E-state index in [2.05, 4.69) is 15.2 Å². The van der Waals surface area contributed by atoms with E-state index < -0.39 is 11.6 Å². The molecule has 10 heteroatoms. The minimum Gasteiger partial charge on any atom is -0.377 e. The maximum Gasteiger partial charge on any atom is 0.396 e. The number of carbonyl (C=O) groups excluding carboxylic acids is 1. The van der Waals surface area contributed by atoms with Crippen LogP contribution >= 0.6 is 0 Å². The lowest BCUT2D eigenvalue weighted by molar-refractivity contribution is -0.208. The first-order valence-corrected chi connectivity index (χ1v) is 13.3. The van der Waals surface area contributed by atoms with Gasteiger partial charge in [0.1, 0.15) is 11.6 Å². The fraction of sp³-hybridized carbons (Fsp3) is 0.880. The molecule has 1 N–H and O–H groups in total. The smallest absolute Gasteiger partial charge is 0.377 e. The number of amides is 2. The maximum atomic E-state index is 13.1. The summed E-state index contributed by atoms with van der Waals surface area (Å²) < 4.78 is 45.1. The number of hydrogen-bond donors (Lipinski definition) is 1. The third-order valence-corrected chi connectivity index (χ3v) is 9.92. The van der Waals surface area contributed by atoms with Gasteiger partial charge in [0.05, 0.1) is 18.1 Å². The van der Waals surface area contributed by atoms with Gasteiger partial charge in [-0.3, -0.25) is 0 Å². The average molecular weight is 494 g/mol.